The van der Waals surface area contributed by atoms with Crippen LogP contribution in [0, 0.1) is 34.4 Å². The van der Waals surface area contributed by atoms with Crippen molar-refractivity contribution in [3.05, 3.63) is 232 Å². The van der Waals surface area contributed by atoms with Crippen LogP contribution in [0.15, 0.2) is 170 Å². The van der Waals surface area contributed by atoms with Crippen LogP contribution in [0.1, 0.15) is 101 Å². The fourth-order valence-electron chi connectivity index (χ4n) is 11.7. The van der Waals surface area contributed by atoms with Crippen molar-refractivity contribution in [2.45, 2.75) is 105 Å². The molecule has 85 heavy (non-hydrogen) atoms. The summed E-state index contributed by atoms with van der Waals surface area (Å²) in [5.41, 5.74) is 21.9. The summed E-state index contributed by atoms with van der Waals surface area (Å²) in [4.78, 5) is 5.28. The van der Waals surface area contributed by atoms with Crippen LogP contribution in [0.2, 0.25) is 0 Å². The zero-order chi connectivity index (χ0) is 59.0. The van der Waals surface area contributed by atoms with E-state index < -0.39 is 0 Å². The lowest BCUT2D eigenvalue weighted by Gasteiger charge is -2.12. The number of nitrogens with zero attached hydrogens (tertiary/aromatic N) is 14. The normalized spacial score (nSPS) is 13.3. The monoisotopic (exact) mass is 1120 g/mol. The Bertz CT molecular complexity index is 4050. The molecule has 0 radical (unpaired) electrons. The molecule has 1 N–H and O–H groups in total. The van der Waals surface area contributed by atoms with Crippen LogP contribution in [0.25, 0.3) is 45.0 Å². The summed E-state index contributed by atoms with van der Waals surface area (Å²) in [7, 11) is 3.69. The highest BCUT2D eigenvalue weighted by Crippen LogP contribution is 2.39. The van der Waals surface area contributed by atoms with Crippen molar-refractivity contribution in [2.24, 2.45) is 7.05 Å². The van der Waals surface area contributed by atoms with Crippen molar-refractivity contribution in [1.29, 1.82) is 15.8 Å². The number of aromatic nitrogens is 8. The molecule has 10 aromatic rings. The van der Waals surface area contributed by atoms with Gasteiger partial charge in [0.2, 0.25) is 0 Å². The average Bonchev–Trinajstić information content (AvgIpc) is 3.68. The summed E-state index contributed by atoms with van der Waals surface area (Å²) in [5, 5.41) is 49.8. The minimum atomic E-state index is 0.310. The van der Waals surface area contributed by atoms with Gasteiger partial charge in [-0.3, -0.25) is 23.6 Å². The lowest BCUT2D eigenvalue weighted by atomic mass is 9.97. The van der Waals surface area contributed by atoms with Gasteiger partial charge in [-0.05, 0) is 48.6 Å². The molecule has 4 aliphatic rings. The van der Waals surface area contributed by atoms with Crippen LogP contribution in [0.3, 0.4) is 0 Å². The lowest BCUT2D eigenvalue weighted by Crippen LogP contribution is -2.13. The first-order chi connectivity index (χ1) is 41.5. The second kappa shape index (κ2) is 25.5. The molecule has 0 amide bonds. The molecule has 6 aromatic carbocycles. The molecule has 16 heteroatoms. The van der Waals surface area contributed by atoms with Gasteiger partial charge in [0, 0.05) is 70.7 Å². The number of benzene rings is 6. The first-order valence-corrected chi connectivity index (χ1v) is 28.9. The summed E-state index contributed by atoms with van der Waals surface area (Å²) in [6.07, 6.45) is 6.67. The number of hydrogen-bond donors (Lipinski definition) is 1. The van der Waals surface area contributed by atoms with E-state index in [9.17, 15) is 5.26 Å². The van der Waals surface area contributed by atoms with Crippen LogP contribution in [-0.4, -0.2) is 60.9 Å². The molecule has 4 aromatic heterocycles. The Morgan fingerprint density at radius 1 is 0.494 bits per heavy atom. The number of nitrogens with one attached hydrogen (secondary N) is 1. The number of aryl methyl sites for hydroxylation is 1. The maximum Gasteiger partial charge on any atom is 0.180 e. The fourth-order valence-corrected chi connectivity index (χ4v) is 11.7. The molecular formula is C69H69N15O. The maximum absolute atomic E-state index is 9.24. The number of fused-ring (bicyclic) bond motifs is 4. The van der Waals surface area contributed by atoms with E-state index in [2.05, 4.69) is 157 Å². The zero-order valence-corrected chi connectivity index (χ0v) is 49.1. The second-order valence-corrected chi connectivity index (χ2v) is 22.2. The summed E-state index contributed by atoms with van der Waals surface area (Å²) in [5.74, 6) is 1.35. The Morgan fingerprint density at radius 3 is 1.52 bits per heavy atom. The van der Waals surface area contributed by atoms with E-state index >= 15 is 0 Å². The first-order valence-electron chi connectivity index (χ1n) is 28.9. The van der Waals surface area contributed by atoms with Crippen LogP contribution >= 0.6 is 0 Å². The Kier molecular flexibility index (Phi) is 17.0. The molecule has 14 rings (SSSR count). The van der Waals surface area contributed by atoms with Gasteiger partial charge < -0.3 is 19.9 Å². The predicted molar refractivity (Wildman–Crippen MR) is 329 cm³/mol. The lowest BCUT2D eigenvalue weighted by molar-refractivity contribution is 0.393. The quantitative estimate of drug-likeness (QED) is 0.122. The molecule has 4 aliphatic heterocycles. The highest BCUT2D eigenvalue weighted by atomic mass is 16.5. The second-order valence-electron chi connectivity index (χ2n) is 22.2. The standard InChI is InChI=1S/C22H25N3O.C19H16N4.C15H16N4.C13H12N4/c1-15(2)17-9-10-21(26-3)18(11-17)22-19-12-23-13-20(19)25(24-22)14-16-7-5-4-6-8-16;20-14-22-12-17-18(13-22)23(11-15-7-3-1-4-8-15)21-19(17)16-9-5-2-6-10-16;1-11(2)19-14-9-18(10-16)8-13(14)15(17-19)12-6-4-3-5-7-12;1-16-13(10-5-3-2-4-6-10)11-7-17(9-14)8-12(11)15-16/h4-11,15,23H,12-14H2,1-3H3;1-10H,11-13H2;3-7,11H,8-9H2,1-2H3;2-6H,7-8H2,1H3. The van der Waals surface area contributed by atoms with Gasteiger partial charge in [-0.1, -0.05) is 172 Å². The Hall–Kier alpha value is -10.2. The smallest absolute Gasteiger partial charge is 0.180 e. The molecule has 0 spiro atoms. The van der Waals surface area contributed by atoms with Crippen LogP contribution in [0.4, 0.5) is 0 Å². The molecule has 16 nitrogen and oxygen atoms in total. The highest BCUT2D eigenvalue weighted by molar-refractivity contribution is 5.73. The van der Waals surface area contributed by atoms with Gasteiger partial charge in [0.25, 0.3) is 0 Å². The third-order valence-corrected chi connectivity index (χ3v) is 15.9. The number of rotatable bonds is 11. The third-order valence-electron chi connectivity index (χ3n) is 15.9. The summed E-state index contributed by atoms with van der Waals surface area (Å²) < 4.78 is 13.8. The van der Waals surface area contributed by atoms with E-state index in [-0.39, 0.29) is 0 Å². The van der Waals surface area contributed by atoms with E-state index in [1.54, 1.807) is 21.8 Å². The first kappa shape index (κ1) is 56.6. The average molecular weight is 1120 g/mol. The topological polar surface area (TPSA) is 174 Å². The van der Waals surface area contributed by atoms with Gasteiger partial charge in [-0.2, -0.15) is 36.2 Å². The van der Waals surface area contributed by atoms with Crippen LogP contribution in [0.5, 0.6) is 5.75 Å². The molecule has 0 saturated carbocycles. The van der Waals surface area contributed by atoms with Gasteiger partial charge in [-0.15, -0.1) is 0 Å². The van der Waals surface area contributed by atoms with E-state index in [1.165, 1.54) is 50.3 Å². The van der Waals surface area contributed by atoms with Crippen molar-refractivity contribution < 1.29 is 4.74 Å². The SMILES string of the molecule is CC(C)n1nc(-c2ccccc2)c2c1CN(C#N)C2.COc1ccc(C(C)C)cc1-c1nn(Cc2ccccc2)c2c1CNC2.Cn1nc2c(c1-c1ccccc1)CN(C#N)C2.N#CN1Cc2c(-c3ccccc3)nn(Cc3ccccc3)c2C1. The van der Waals surface area contributed by atoms with Crippen molar-refractivity contribution >= 4 is 0 Å². The number of ether oxygens (including phenoxy) is 1. The molecule has 0 saturated heterocycles. The molecule has 0 atom stereocenters. The van der Waals surface area contributed by atoms with Crippen molar-refractivity contribution in [2.75, 3.05) is 7.11 Å². The predicted octanol–water partition coefficient (Wildman–Crippen LogP) is 12.5. The van der Waals surface area contributed by atoms with Crippen molar-refractivity contribution in [3.8, 4) is 69.4 Å². The van der Waals surface area contributed by atoms with Crippen molar-refractivity contribution in [3.63, 3.8) is 0 Å². The maximum atomic E-state index is 9.24. The summed E-state index contributed by atoms with van der Waals surface area (Å²) in [6.45, 7) is 15.8. The Balaban J connectivity index is 0.000000119. The van der Waals surface area contributed by atoms with Gasteiger partial charge >= 0.3 is 0 Å². The van der Waals surface area contributed by atoms with E-state index in [4.69, 9.17) is 30.6 Å². The van der Waals surface area contributed by atoms with E-state index in [1.807, 2.05) is 95.3 Å². The number of hydrogen-bond acceptors (Lipinski definition) is 12. The van der Waals surface area contributed by atoms with Gasteiger partial charge in [0.1, 0.15) is 11.4 Å². The van der Waals surface area contributed by atoms with Crippen molar-refractivity contribution in [1.82, 2.24) is 59.1 Å². The molecule has 426 valence electrons. The third kappa shape index (κ3) is 12.2. The number of methoxy groups -OCH3 is 1. The number of nitriles is 3. The van der Waals surface area contributed by atoms with E-state index in [0.717, 1.165) is 88.3 Å². The minimum Gasteiger partial charge on any atom is -0.496 e. The van der Waals surface area contributed by atoms with Gasteiger partial charge in [-0.25, -0.2) is 0 Å². The van der Waals surface area contributed by atoms with Gasteiger partial charge in [0.15, 0.2) is 18.6 Å². The van der Waals surface area contributed by atoms with Crippen LogP contribution < -0.4 is 10.1 Å². The highest BCUT2D eigenvalue weighted by Gasteiger charge is 2.31. The summed E-state index contributed by atoms with van der Waals surface area (Å²) in [6, 6.07) is 58.1. The van der Waals surface area contributed by atoms with E-state index in [0.29, 0.717) is 51.2 Å². The Labute approximate surface area is 497 Å². The Morgan fingerprint density at radius 2 is 0.976 bits per heavy atom. The van der Waals surface area contributed by atoms with Gasteiger partial charge in [0.05, 0.1) is 99.3 Å². The molecule has 0 aliphatic carbocycles. The largest absolute Gasteiger partial charge is 0.496 e. The molecular weight excluding hydrogens is 1050 g/mol. The molecule has 0 bridgehead atoms. The summed E-state index contributed by atoms with van der Waals surface area (Å²) >= 11 is 0. The molecule has 8 heterocycles. The zero-order valence-electron chi connectivity index (χ0n) is 49.1. The fraction of sp³-hybridized carbons (Fsp3) is 0.261. The molecule has 0 fully saturated rings. The van der Waals surface area contributed by atoms with Crippen LogP contribution in [-0.2, 0) is 72.5 Å². The minimum absolute atomic E-state index is 0.310. The molecule has 0 unspecified atom stereocenters.